The van der Waals surface area contributed by atoms with Gasteiger partial charge in [0.1, 0.15) is 0 Å². The molecule has 0 spiro atoms. The minimum absolute atomic E-state index is 0.129. The normalized spacial score (nSPS) is 13.4. The number of rotatable bonds is 5. The molecule has 0 saturated heterocycles. The van der Waals surface area contributed by atoms with E-state index in [1.165, 1.54) is 5.56 Å². The minimum atomic E-state index is -0.129. The predicted molar refractivity (Wildman–Crippen MR) is 94.9 cm³/mol. The summed E-state index contributed by atoms with van der Waals surface area (Å²) in [6.45, 7) is 4.52. The van der Waals surface area contributed by atoms with Crippen molar-refractivity contribution >= 4 is 17.5 Å². The van der Waals surface area contributed by atoms with Crippen molar-refractivity contribution in [2.45, 2.75) is 33.2 Å². The minimum Gasteiger partial charge on any atom is -0.352 e. The standard InChI is InChI=1S/C20H22N2O2/c1-13-3-10-18(14(2)11-13)22-20(24)17-6-4-15(5-7-17)12-21-19(23)16-8-9-16/h3-7,10-11,16H,8-9,12H2,1-2H3,(H,21,23)(H,22,24). The van der Waals surface area contributed by atoms with Crippen LogP contribution in [0.3, 0.4) is 0 Å². The summed E-state index contributed by atoms with van der Waals surface area (Å²) in [4.78, 5) is 24.0. The number of aryl methyl sites for hydroxylation is 2. The highest BCUT2D eigenvalue weighted by Gasteiger charge is 2.29. The van der Waals surface area contributed by atoms with Crippen molar-refractivity contribution in [1.82, 2.24) is 5.32 Å². The Morgan fingerprint density at radius 3 is 2.38 bits per heavy atom. The van der Waals surface area contributed by atoms with E-state index in [2.05, 4.69) is 10.6 Å². The molecule has 0 atom stereocenters. The third-order valence-corrected chi connectivity index (χ3v) is 4.26. The molecule has 4 heteroatoms. The lowest BCUT2D eigenvalue weighted by Crippen LogP contribution is -2.24. The molecule has 1 fully saturated rings. The third-order valence-electron chi connectivity index (χ3n) is 4.26. The lowest BCUT2D eigenvalue weighted by atomic mass is 10.1. The van der Waals surface area contributed by atoms with E-state index in [0.29, 0.717) is 12.1 Å². The van der Waals surface area contributed by atoms with Gasteiger partial charge in [-0.3, -0.25) is 9.59 Å². The largest absolute Gasteiger partial charge is 0.352 e. The third kappa shape index (κ3) is 4.02. The van der Waals surface area contributed by atoms with Gasteiger partial charge in [0.2, 0.25) is 5.91 Å². The monoisotopic (exact) mass is 322 g/mol. The zero-order valence-electron chi connectivity index (χ0n) is 14.1. The number of hydrogen-bond donors (Lipinski definition) is 2. The number of carbonyl (C=O) groups excluding carboxylic acids is 2. The molecule has 2 N–H and O–H groups in total. The van der Waals surface area contributed by atoms with Crippen molar-refractivity contribution in [2.24, 2.45) is 5.92 Å². The maximum absolute atomic E-state index is 12.3. The molecule has 1 aliphatic rings. The van der Waals surface area contributed by atoms with Crippen LogP contribution in [0.1, 0.15) is 39.9 Å². The number of benzene rings is 2. The summed E-state index contributed by atoms with van der Waals surface area (Å²) >= 11 is 0. The zero-order chi connectivity index (χ0) is 17.1. The fourth-order valence-corrected chi connectivity index (χ4v) is 2.60. The second-order valence-corrected chi connectivity index (χ2v) is 6.46. The fraction of sp³-hybridized carbons (Fsp3) is 0.300. The van der Waals surface area contributed by atoms with Crippen LogP contribution in [-0.2, 0) is 11.3 Å². The molecule has 0 radical (unpaired) electrons. The Morgan fingerprint density at radius 2 is 1.75 bits per heavy atom. The zero-order valence-corrected chi connectivity index (χ0v) is 14.1. The van der Waals surface area contributed by atoms with E-state index < -0.39 is 0 Å². The summed E-state index contributed by atoms with van der Waals surface area (Å²) in [5.74, 6) is 0.218. The van der Waals surface area contributed by atoms with Gasteiger partial charge in [-0.05, 0) is 56.0 Å². The Bertz CT molecular complexity index is 762. The second-order valence-electron chi connectivity index (χ2n) is 6.46. The number of amides is 2. The van der Waals surface area contributed by atoms with Crippen LogP contribution in [0, 0.1) is 19.8 Å². The Kier molecular flexibility index (Phi) is 4.65. The molecule has 0 aliphatic heterocycles. The lowest BCUT2D eigenvalue weighted by Gasteiger charge is -2.10. The molecule has 0 aromatic heterocycles. The van der Waals surface area contributed by atoms with Crippen molar-refractivity contribution in [3.8, 4) is 0 Å². The first-order chi connectivity index (χ1) is 11.5. The van der Waals surface area contributed by atoms with Gasteiger partial charge in [0.05, 0.1) is 0 Å². The Balaban J connectivity index is 1.59. The van der Waals surface area contributed by atoms with E-state index in [1.807, 2.05) is 44.2 Å². The van der Waals surface area contributed by atoms with Crippen LogP contribution in [0.5, 0.6) is 0 Å². The summed E-state index contributed by atoms with van der Waals surface area (Å²) < 4.78 is 0. The highest BCUT2D eigenvalue weighted by molar-refractivity contribution is 6.04. The van der Waals surface area contributed by atoms with Gasteiger partial charge in [0.15, 0.2) is 0 Å². The van der Waals surface area contributed by atoms with Gasteiger partial charge in [-0.2, -0.15) is 0 Å². The molecule has 4 nitrogen and oxygen atoms in total. The van der Waals surface area contributed by atoms with Crippen molar-refractivity contribution in [3.05, 3.63) is 64.7 Å². The van der Waals surface area contributed by atoms with Gasteiger partial charge in [-0.15, -0.1) is 0 Å². The van der Waals surface area contributed by atoms with Gasteiger partial charge in [0.25, 0.3) is 5.91 Å². The Morgan fingerprint density at radius 1 is 1.04 bits per heavy atom. The topological polar surface area (TPSA) is 58.2 Å². The van der Waals surface area contributed by atoms with Gasteiger partial charge < -0.3 is 10.6 Å². The summed E-state index contributed by atoms with van der Waals surface area (Å²) in [6, 6.07) is 13.3. The Labute approximate surface area is 142 Å². The second kappa shape index (κ2) is 6.87. The maximum Gasteiger partial charge on any atom is 0.255 e. The summed E-state index contributed by atoms with van der Waals surface area (Å²) in [6.07, 6.45) is 2.01. The van der Waals surface area contributed by atoms with Crippen LogP contribution in [0.2, 0.25) is 0 Å². The smallest absolute Gasteiger partial charge is 0.255 e. The van der Waals surface area contributed by atoms with Crippen molar-refractivity contribution in [2.75, 3.05) is 5.32 Å². The molecular formula is C20H22N2O2. The van der Waals surface area contributed by atoms with E-state index in [-0.39, 0.29) is 17.7 Å². The molecule has 3 rings (SSSR count). The number of carbonyl (C=O) groups is 2. The van der Waals surface area contributed by atoms with Crippen molar-refractivity contribution in [1.29, 1.82) is 0 Å². The summed E-state index contributed by atoms with van der Waals surface area (Å²) in [5.41, 5.74) is 4.64. The molecular weight excluding hydrogens is 300 g/mol. The molecule has 1 aliphatic carbocycles. The van der Waals surface area contributed by atoms with Crippen molar-refractivity contribution < 1.29 is 9.59 Å². The molecule has 124 valence electrons. The summed E-state index contributed by atoms with van der Waals surface area (Å²) in [7, 11) is 0. The van der Waals surface area contributed by atoms with E-state index in [9.17, 15) is 9.59 Å². The highest BCUT2D eigenvalue weighted by atomic mass is 16.2. The van der Waals surface area contributed by atoms with Crippen LogP contribution < -0.4 is 10.6 Å². The van der Waals surface area contributed by atoms with Gasteiger partial charge in [-0.25, -0.2) is 0 Å². The molecule has 1 saturated carbocycles. The molecule has 24 heavy (non-hydrogen) atoms. The van der Waals surface area contributed by atoms with E-state index in [1.54, 1.807) is 12.1 Å². The SMILES string of the molecule is Cc1ccc(NC(=O)c2ccc(CNC(=O)C3CC3)cc2)c(C)c1. The van der Waals surface area contributed by atoms with E-state index in [0.717, 1.165) is 29.7 Å². The first-order valence-electron chi connectivity index (χ1n) is 8.28. The van der Waals surface area contributed by atoms with Crippen LogP contribution in [-0.4, -0.2) is 11.8 Å². The van der Waals surface area contributed by atoms with Crippen molar-refractivity contribution in [3.63, 3.8) is 0 Å². The average Bonchev–Trinajstić information content (AvgIpc) is 3.40. The fourth-order valence-electron chi connectivity index (χ4n) is 2.60. The molecule has 2 aromatic rings. The Hall–Kier alpha value is -2.62. The molecule has 0 bridgehead atoms. The van der Waals surface area contributed by atoms with Crippen LogP contribution in [0.25, 0.3) is 0 Å². The molecule has 0 heterocycles. The number of nitrogens with one attached hydrogen (secondary N) is 2. The van der Waals surface area contributed by atoms with E-state index >= 15 is 0 Å². The molecule has 0 unspecified atom stereocenters. The summed E-state index contributed by atoms with van der Waals surface area (Å²) in [5, 5.41) is 5.86. The molecule has 2 aromatic carbocycles. The lowest BCUT2D eigenvalue weighted by molar-refractivity contribution is -0.122. The van der Waals surface area contributed by atoms with Crippen LogP contribution >= 0.6 is 0 Å². The predicted octanol–water partition coefficient (Wildman–Crippen LogP) is 3.58. The highest BCUT2D eigenvalue weighted by Crippen LogP contribution is 2.28. The number of hydrogen-bond acceptors (Lipinski definition) is 2. The quantitative estimate of drug-likeness (QED) is 0.884. The van der Waals surface area contributed by atoms with E-state index in [4.69, 9.17) is 0 Å². The van der Waals surface area contributed by atoms with Gasteiger partial charge in [-0.1, -0.05) is 29.8 Å². The maximum atomic E-state index is 12.3. The van der Waals surface area contributed by atoms with Gasteiger partial charge >= 0.3 is 0 Å². The first-order valence-corrected chi connectivity index (χ1v) is 8.28. The average molecular weight is 322 g/mol. The molecule has 2 amide bonds. The van der Waals surface area contributed by atoms with Gasteiger partial charge in [0, 0.05) is 23.7 Å². The van der Waals surface area contributed by atoms with Crippen LogP contribution in [0.15, 0.2) is 42.5 Å². The van der Waals surface area contributed by atoms with Crippen LogP contribution in [0.4, 0.5) is 5.69 Å². The number of anilines is 1. The first kappa shape index (κ1) is 16.2.